The fraction of sp³-hybridized carbons (Fsp3) is 0.615. The summed E-state index contributed by atoms with van der Waals surface area (Å²) >= 11 is 12.0. The van der Waals surface area contributed by atoms with Gasteiger partial charge in [0.1, 0.15) is 5.15 Å². The molecule has 0 bridgehead atoms. The molecule has 18 heavy (non-hydrogen) atoms. The molecular formula is C13H19Cl2N3. The molecule has 1 aliphatic rings. The Labute approximate surface area is 119 Å². The molecule has 0 atom stereocenters. The highest BCUT2D eigenvalue weighted by atomic mass is 35.5. The highest BCUT2D eigenvalue weighted by molar-refractivity contribution is 6.34. The second-order valence-corrected chi connectivity index (χ2v) is 6.34. The minimum atomic E-state index is 0.199. The van der Waals surface area contributed by atoms with E-state index in [0.717, 1.165) is 31.7 Å². The van der Waals surface area contributed by atoms with Gasteiger partial charge in [-0.3, -0.25) is 9.80 Å². The molecule has 0 N–H and O–H groups in total. The van der Waals surface area contributed by atoms with E-state index < -0.39 is 0 Å². The standard InChI is InChI=1S/C13H19Cl2N3/c1-13(2)9-18(5-4-17(13)3)8-10-7-16-12(15)6-11(10)14/h6-7H,4-5,8-9H2,1-3H3. The molecule has 0 spiro atoms. The lowest BCUT2D eigenvalue weighted by atomic mass is 9.99. The summed E-state index contributed by atoms with van der Waals surface area (Å²) in [4.78, 5) is 8.91. The summed E-state index contributed by atoms with van der Waals surface area (Å²) in [5.41, 5.74) is 1.24. The molecule has 1 aromatic rings. The highest BCUT2D eigenvalue weighted by Gasteiger charge is 2.31. The summed E-state index contributed by atoms with van der Waals surface area (Å²) in [5.74, 6) is 0. The predicted octanol–water partition coefficient (Wildman–Crippen LogP) is 2.91. The van der Waals surface area contributed by atoms with Crippen molar-refractivity contribution in [1.29, 1.82) is 0 Å². The molecule has 5 heteroatoms. The lowest BCUT2D eigenvalue weighted by molar-refractivity contribution is 0.0360. The molecule has 2 rings (SSSR count). The second kappa shape index (κ2) is 5.33. The summed E-state index contributed by atoms with van der Waals surface area (Å²) in [6.45, 7) is 8.52. The van der Waals surface area contributed by atoms with Gasteiger partial charge in [0.05, 0.1) is 0 Å². The van der Waals surface area contributed by atoms with Crippen LogP contribution in [0.25, 0.3) is 0 Å². The summed E-state index contributed by atoms with van der Waals surface area (Å²) < 4.78 is 0. The zero-order valence-corrected chi connectivity index (χ0v) is 12.6. The third-order valence-corrected chi connectivity index (χ3v) is 4.24. The Hall–Kier alpha value is -0.350. The van der Waals surface area contributed by atoms with Crippen LogP contribution in [0.4, 0.5) is 0 Å². The molecule has 1 aromatic heterocycles. The van der Waals surface area contributed by atoms with Gasteiger partial charge in [-0.15, -0.1) is 0 Å². The number of halogens is 2. The molecule has 0 amide bonds. The maximum atomic E-state index is 6.19. The first-order valence-electron chi connectivity index (χ1n) is 6.12. The van der Waals surface area contributed by atoms with Crippen molar-refractivity contribution in [2.45, 2.75) is 25.9 Å². The summed E-state index contributed by atoms with van der Waals surface area (Å²) in [6.07, 6.45) is 1.77. The van der Waals surface area contributed by atoms with Crippen molar-refractivity contribution in [3.63, 3.8) is 0 Å². The monoisotopic (exact) mass is 287 g/mol. The van der Waals surface area contributed by atoms with Crippen molar-refractivity contribution in [3.05, 3.63) is 28.0 Å². The third-order valence-electron chi connectivity index (χ3n) is 3.69. The maximum absolute atomic E-state index is 6.19. The van der Waals surface area contributed by atoms with Crippen LogP contribution >= 0.6 is 23.2 Å². The summed E-state index contributed by atoms with van der Waals surface area (Å²) in [6, 6.07) is 1.71. The Morgan fingerprint density at radius 1 is 1.33 bits per heavy atom. The van der Waals surface area contributed by atoms with Gasteiger partial charge in [0, 0.05) is 48.5 Å². The van der Waals surface area contributed by atoms with Gasteiger partial charge in [-0.2, -0.15) is 0 Å². The first kappa shape index (κ1) is 14.1. The Kier molecular flexibility index (Phi) is 4.17. The maximum Gasteiger partial charge on any atom is 0.130 e. The van der Waals surface area contributed by atoms with Crippen LogP contribution in [0.5, 0.6) is 0 Å². The average Bonchev–Trinajstić information content (AvgIpc) is 2.27. The SMILES string of the molecule is CN1CCN(Cc2cnc(Cl)cc2Cl)CC1(C)C. The van der Waals surface area contributed by atoms with Crippen molar-refractivity contribution in [2.75, 3.05) is 26.7 Å². The molecule has 1 saturated heterocycles. The van der Waals surface area contributed by atoms with Crippen LogP contribution in [0.2, 0.25) is 10.2 Å². The first-order valence-corrected chi connectivity index (χ1v) is 6.87. The van der Waals surface area contributed by atoms with Gasteiger partial charge in [0.25, 0.3) is 0 Å². The number of likely N-dealkylation sites (N-methyl/N-ethyl adjacent to an activating group) is 1. The average molecular weight is 288 g/mol. The van der Waals surface area contributed by atoms with Crippen molar-refractivity contribution in [1.82, 2.24) is 14.8 Å². The molecule has 0 saturated carbocycles. The number of aromatic nitrogens is 1. The van der Waals surface area contributed by atoms with Crippen molar-refractivity contribution >= 4 is 23.2 Å². The minimum Gasteiger partial charge on any atom is -0.299 e. The zero-order chi connectivity index (χ0) is 13.3. The van der Waals surface area contributed by atoms with Crippen LogP contribution in [-0.2, 0) is 6.54 Å². The smallest absolute Gasteiger partial charge is 0.130 e. The second-order valence-electron chi connectivity index (χ2n) is 5.54. The van der Waals surface area contributed by atoms with E-state index in [-0.39, 0.29) is 5.54 Å². The first-order chi connectivity index (χ1) is 8.38. The molecule has 0 radical (unpaired) electrons. The van der Waals surface area contributed by atoms with Crippen molar-refractivity contribution < 1.29 is 0 Å². The molecular weight excluding hydrogens is 269 g/mol. The van der Waals surface area contributed by atoms with E-state index in [1.165, 1.54) is 0 Å². The molecule has 2 heterocycles. The van der Waals surface area contributed by atoms with E-state index in [0.29, 0.717) is 10.2 Å². The normalized spacial score (nSPS) is 21.2. The summed E-state index contributed by atoms with van der Waals surface area (Å²) in [5, 5.41) is 1.15. The molecule has 100 valence electrons. The van der Waals surface area contributed by atoms with E-state index in [2.05, 4.69) is 35.7 Å². The van der Waals surface area contributed by atoms with Crippen molar-refractivity contribution in [3.8, 4) is 0 Å². The number of hydrogen-bond acceptors (Lipinski definition) is 3. The number of rotatable bonds is 2. The van der Waals surface area contributed by atoms with E-state index in [1.807, 2.05) is 0 Å². The Morgan fingerprint density at radius 2 is 2.06 bits per heavy atom. The lowest BCUT2D eigenvalue weighted by Crippen LogP contribution is -2.57. The van der Waals surface area contributed by atoms with Crippen LogP contribution in [0, 0.1) is 0 Å². The van der Waals surface area contributed by atoms with Gasteiger partial charge in [-0.05, 0) is 27.0 Å². The molecule has 3 nitrogen and oxygen atoms in total. The van der Waals surface area contributed by atoms with Gasteiger partial charge in [-0.25, -0.2) is 4.98 Å². The van der Waals surface area contributed by atoms with Crippen molar-refractivity contribution in [2.24, 2.45) is 0 Å². The van der Waals surface area contributed by atoms with Crippen LogP contribution in [0.3, 0.4) is 0 Å². The van der Waals surface area contributed by atoms with E-state index in [4.69, 9.17) is 23.2 Å². The lowest BCUT2D eigenvalue weighted by Gasteiger charge is -2.45. The number of nitrogens with zero attached hydrogens (tertiary/aromatic N) is 3. The third kappa shape index (κ3) is 3.15. The number of piperazine rings is 1. The van der Waals surface area contributed by atoms with Gasteiger partial charge >= 0.3 is 0 Å². The van der Waals surface area contributed by atoms with Gasteiger partial charge in [0.15, 0.2) is 0 Å². The number of hydrogen-bond donors (Lipinski definition) is 0. The molecule has 1 fully saturated rings. The fourth-order valence-corrected chi connectivity index (χ4v) is 2.69. The minimum absolute atomic E-state index is 0.199. The molecule has 1 aliphatic heterocycles. The van der Waals surface area contributed by atoms with Crippen LogP contribution in [0.15, 0.2) is 12.3 Å². The topological polar surface area (TPSA) is 19.4 Å². The Morgan fingerprint density at radius 3 is 2.67 bits per heavy atom. The highest BCUT2D eigenvalue weighted by Crippen LogP contribution is 2.24. The van der Waals surface area contributed by atoms with Crippen LogP contribution in [-0.4, -0.2) is 47.0 Å². The largest absolute Gasteiger partial charge is 0.299 e. The Balaban J connectivity index is 2.06. The predicted molar refractivity (Wildman–Crippen MR) is 76.2 cm³/mol. The van der Waals surface area contributed by atoms with E-state index in [1.54, 1.807) is 12.3 Å². The van der Waals surface area contributed by atoms with Crippen LogP contribution in [0.1, 0.15) is 19.4 Å². The van der Waals surface area contributed by atoms with E-state index >= 15 is 0 Å². The van der Waals surface area contributed by atoms with Crippen LogP contribution < -0.4 is 0 Å². The van der Waals surface area contributed by atoms with Gasteiger partial charge in [0.2, 0.25) is 0 Å². The quantitative estimate of drug-likeness (QED) is 0.780. The summed E-state index contributed by atoms with van der Waals surface area (Å²) in [7, 11) is 2.17. The molecule has 0 aromatic carbocycles. The fourth-order valence-electron chi connectivity index (χ4n) is 2.27. The number of pyridine rings is 1. The zero-order valence-electron chi connectivity index (χ0n) is 11.1. The Bertz CT molecular complexity index is 434. The van der Waals surface area contributed by atoms with E-state index in [9.17, 15) is 0 Å². The molecule has 0 aliphatic carbocycles. The molecule has 0 unspecified atom stereocenters. The van der Waals surface area contributed by atoms with Gasteiger partial charge in [-0.1, -0.05) is 23.2 Å². The van der Waals surface area contributed by atoms with Gasteiger partial charge < -0.3 is 0 Å².